The maximum atomic E-state index is 12.9. The quantitative estimate of drug-likeness (QED) is 0.602. The van der Waals surface area contributed by atoms with Gasteiger partial charge in [-0.2, -0.15) is 0 Å². The van der Waals surface area contributed by atoms with Crippen LogP contribution in [0, 0.1) is 28.6 Å². The molecule has 4 unspecified atom stereocenters. The van der Waals surface area contributed by atoms with Crippen LogP contribution >= 0.6 is 0 Å². The summed E-state index contributed by atoms with van der Waals surface area (Å²) in [7, 11) is 0. The monoisotopic (exact) mass is 382 g/mol. The molecular weight excluding hydrogens is 348 g/mol. The largest absolute Gasteiger partial charge is 0.493 e. The van der Waals surface area contributed by atoms with Crippen LogP contribution in [-0.4, -0.2) is 18.2 Å². The lowest BCUT2D eigenvalue weighted by Gasteiger charge is -2.58. The molecule has 3 heteroatoms. The Kier molecular flexibility index (Phi) is 4.56. The maximum absolute atomic E-state index is 12.9. The molecule has 3 fully saturated rings. The van der Waals surface area contributed by atoms with Gasteiger partial charge in [0, 0.05) is 12.8 Å². The Morgan fingerprint density at radius 1 is 1.07 bits per heavy atom. The number of carbonyl (C=O) groups excluding carboxylic acids is 2. The Bertz CT molecular complexity index is 734. The molecule has 0 saturated heterocycles. The summed E-state index contributed by atoms with van der Waals surface area (Å²) in [5.41, 5.74) is 0.987. The first kappa shape index (κ1) is 18.6. The number of rotatable bonds is 3. The molecule has 0 N–H and O–H groups in total. The van der Waals surface area contributed by atoms with Crippen LogP contribution in [0.3, 0.4) is 0 Å². The lowest BCUT2D eigenvalue weighted by atomic mass is 9.46. The van der Waals surface area contributed by atoms with Crippen LogP contribution in [0.15, 0.2) is 23.5 Å². The van der Waals surface area contributed by atoms with E-state index in [1.807, 2.05) is 6.08 Å². The van der Waals surface area contributed by atoms with E-state index in [1.54, 1.807) is 0 Å². The molecule has 0 radical (unpaired) electrons. The molecule has 0 aromatic rings. The van der Waals surface area contributed by atoms with Crippen molar-refractivity contribution >= 4 is 12.1 Å². The van der Waals surface area contributed by atoms with Crippen molar-refractivity contribution in [1.29, 1.82) is 0 Å². The zero-order valence-electron chi connectivity index (χ0n) is 17.3. The number of allylic oxidation sites excluding steroid dienone is 2. The number of hydrogen-bond acceptors (Lipinski definition) is 3. The van der Waals surface area contributed by atoms with Gasteiger partial charge in [0.25, 0.3) is 0 Å². The van der Waals surface area contributed by atoms with Crippen molar-refractivity contribution < 1.29 is 14.3 Å². The van der Waals surface area contributed by atoms with Gasteiger partial charge < -0.3 is 9.53 Å². The molecule has 5 aliphatic rings. The van der Waals surface area contributed by atoms with Gasteiger partial charge in [-0.1, -0.05) is 13.3 Å². The fraction of sp³-hybridized carbons (Fsp3) is 0.760. The highest BCUT2D eigenvalue weighted by atomic mass is 16.5. The number of ether oxygens (including phenoxy) is 1. The van der Waals surface area contributed by atoms with Gasteiger partial charge in [-0.05, 0) is 98.7 Å². The molecule has 0 aromatic heterocycles. The first-order valence-electron chi connectivity index (χ1n) is 11.6. The van der Waals surface area contributed by atoms with Crippen molar-refractivity contribution in [2.45, 2.75) is 90.1 Å². The summed E-state index contributed by atoms with van der Waals surface area (Å²) >= 11 is 0. The Hall–Kier alpha value is -1.38. The molecule has 0 aliphatic heterocycles. The molecule has 152 valence electrons. The van der Waals surface area contributed by atoms with Crippen LogP contribution in [0.2, 0.25) is 0 Å². The molecule has 3 nitrogen and oxygen atoms in total. The fourth-order valence-corrected chi connectivity index (χ4v) is 7.78. The third kappa shape index (κ3) is 2.68. The van der Waals surface area contributed by atoms with Crippen molar-refractivity contribution in [1.82, 2.24) is 0 Å². The third-order valence-electron chi connectivity index (χ3n) is 9.13. The number of hydrogen-bond donors (Lipinski definition) is 0. The van der Waals surface area contributed by atoms with Crippen molar-refractivity contribution in [2.75, 3.05) is 0 Å². The Morgan fingerprint density at radius 3 is 2.75 bits per heavy atom. The standard InChI is InChI=1S/C25H34O3/c1-24-12-5-8-21(24)20-10-9-17-14-18(27)15-23(28-19-6-3-2-4-7-19)25(17,16-26)22(20)11-13-24/h6,14,16,20-23H,2-5,7-13,15H2,1H3/t20?,21?,22?,23?,24-,25-/m0/s1. The lowest BCUT2D eigenvalue weighted by molar-refractivity contribution is -0.144. The van der Waals surface area contributed by atoms with Gasteiger partial charge >= 0.3 is 0 Å². The summed E-state index contributed by atoms with van der Waals surface area (Å²) in [5.74, 6) is 2.88. The van der Waals surface area contributed by atoms with Gasteiger partial charge in [-0.3, -0.25) is 4.79 Å². The summed E-state index contributed by atoms with van der Waals surface area (Å²) in [6.07, 6.45) is 18.1. The van der Waals surface area contributed by atoms with E-state index in [0.717, 1.165) is 55.8 Å². The highest BCUT2D eigenvalue weighted by Gasteiger charge is 2.61. The van der Waals surface area contributed by atoms with E-state index in [9.17, 15) is 9.59 Å². The van der Waals surface area contributed by atoms with Crippen molar-refractivity contribution in [3.63, 3.8) is 0 Å². The maximum Gasteiger partial charge on any atom is 0.159 e. The summed E-state index contributed by atoms with van der Waals surface area (Å²) in [4.78, 5) is 25.4. The van der Waals surface area contributed by atoms with Gasteiger partial charge in [-0.15, -0.1) is 0 Å². The number of aldehydes is 1. The second-order valence-corrected chi connectivity index (χ2v) is 10.4. The average Bonchev–Trinajstić information content (AvgIpc) is 3.10. The minimum atomic E-state index is -0.570. The topological polar surface area (TPSA) is 43.4 Å². The van der Waals surface area contributed by atoms with Crippen molar-refractivity contribution in [2.24, 2.45) is 28.6 Å². The smallest absolute Gasteiger partial charge is 0.159 e. The Labute approximate surface area is 169 Å². The SMILES string of the molecule is C[C@@]12CCCC1C1CCC3=CC(=O)CC(OC4=CCCCC4)[C@]3(C=O)C1CC2. The van der Waals surface area contributed by atoms with Gasteiger partial charge in [0.15, 0.2) is 5.78 Å². The minimum absolute atomic E-state index is 0.147. The van der Waals surface area contributed by atoms with E-state index >= 15 is 0 Å². The molecule has 5 aliphatic carbocycles. The van der Waals surface area contributed by atoms with Gasteiger partial charge in [-0.25, -0.2) is 0 Å². The first-order valence-corrected chi connectivity index (χ1v) is 11.6. The Morgan fingerprint density at radius 2 is 1.96 bits per heavy atom. The number of fused-ring (bicyclic) bond motifs is 5. The van der Waals surface area contributed by atoms with Crippen LogP contribution < -0.4 is 0 Å². The van der Waals surface area contributed by atoms with Crippen LogP contribution in [0.25, 0.3) is 0 Å². The summed E-state index contributed by atoms with van der Waals surface area (Å²) in [6, 6.07) is 0. The summed E-state index contributed by atoms with van der Waals surface area (Å²) in [6.45, 7) is 2.49. The molecule has 0 spiro atoms. The van der Waals surface area contributed by atoms with Gasteiger partial charge in [0.1, 0.15) is 12.4 Å². The molecule has 0 heterocycles. The van der Waals surface area contributed by atoms with E-state index in [1.165, 1.54) is 38.4 Å². The summed E-state index contributed by atoms with van der Waals surface area (Å²) < 4.78 is 6.52. The molecule has 0 amide bonds. The van der Waals surface area contributed by atoms with E-state index in [2.05, 4.69) is 13.0 Å². The van der Waals surface area contributed by atoms with Gasteiger partial charge in [0.05, 0.1) is 11.2 Å². The second-order valence-electron chi connectivity index (χ2n) is 10.4. The minimum Gasteiger partial charge on any atom is -0.493 e. The molecular formula is C25H34O3. The molecule has 5 rings (SSSR count). The zero-order valence-corrected chi connectivity index (χ0v) is 17.3. The summed E-state index contributed by atoms with van der Waals surface area (Å²) in [5, 5.41) is 0. The van der Waals surface area contributed by atoms with Crippen molar-refractivity contribution in [3.8, 4) is 0 Å². The molecule has 0 bridgehead atoms. The lowest BCUT2D eigenvalue weighted by Crippen LogP contribution is -2.57. The van der Waals surface area contributed by atoms with E-state index < -0.39 is 5.41 Å². The zero-order chi connectivity index (χ0) is 19.4. The Balaban J connectivity index is 1.53. The molecule has 6 atom stereocenters. The van der Waals surface area contributed by atoms with E-state index in [4.69, 9.17) is 4.74 Å². The average molecular weight is 383 g/mol. The normalized spacial score (nSPS) is 45.2. The third-order valence-corrected chi connectivity index (χ3v) is 9.13. The highest BCUT2D eigenvalue weighted by molar-refractivity contribution is 5.94. The first-order chi connectivity index (χ1) is 13.6. The highest BCUT2D eigenvalue weighted by Crippen LogP contribution is 2.65. The predicted octanol–water partition coefficient (Wildman–Crippen LogP) is 5.54. The van der Waals surface area contributed by atoms with Crippen LogP contribution in [0.5, 0.6) is 0 Å². The van der Waals surface area contributed by atoms with Crippen LogP contribution in [-0.2, 0) is 14.3 Å². The second kappa shape index (κ2) is 6.85. The van der Waals surface area contributed by atoms with Gasteiger partial charge in [0.2, 0.25) is 0 Å². The van der Waals surface area contributed by atoms with E-state index in [0.29, 0.717) is 23.7 Å². The predicted molar refractivity (Wildman–Crippen MR) is 109 cm³/mol. The van der Waals surface area contributed by atoms with Crippen molar-refractivity contribution in [3.05, 3.63) is 23.5 Å². The van der Waals surface area contributed by atoms with Crippen LogP contribution in [0.1, 0.15) is 84.0 Å². The van der Waals surface area contributed by atoms with Crippen LogP contribution in [0.4, 0.5) is 0 Å². The number of ketones is 1. The van der Waals surface area contributed by atoms with E-state index in [-0.39, 0.29) is 11.9 Å². The molecule has 3 saturated carbocycles. The number of carbonyl (C=O) groups is 2. The fourth-order valence-electron chi connectivity index (χ4n) is 7.78. The molecule has 28 heavy (non-hydrogen) atoms. The molecule has 0 aromatic carbocycles.